The summed E-state index contributed by atoms with van der Waals surface area (Å²) < 4.78 is 0. The van der Waals surface area contributed by atoms with E-state index in [1.54, 1.807) is 23.9 Å². The minimum atomic E-state index is 0.0194. The van der Waals surface area contributed by atoms with E-state index in [1.165, 1.54) is 0 Å². The van der Waals surface area contributed by atoms with Gasteiger partial charge in [0.05, 0.1) is 13.2 Å². The van der Waals surface area contributed by atoms with Crippen LogP contribution in [0.15, 0.2) is 24.3 Å². The summed E-state index contributed by atoms with van der Waals surface area (Å²) in [7, 11) is 3.57. The Morgan fingerprint density at radius 1 is 1.39 bits per heavy atom. The molecule has 4 nitrogen and oxygen atoms in total. The van der Waals surface area contributed by atoms with Crippen LogP contribution < -0.4 is 0 Å². The van der Waals surface area contributed by atoms with E-state index in [4.69, 9.17) is 16.7 Å². The zero-order valence-electron chi connectivity index (χ0n) is 10.8. The van der Waals surface area contributed by atoms with Gasteiger partial charge in [-0.2, -0.15) is 0 Å². The van der Waals surface area contributed by atoms with Crippen molar-refractivity contribution in [3.05, 3.63) is 34.9 Å². The molecule has 0 fully saturated rings. The van der Waals surface area contributed by atoms with E-state index in [9.17, 15) is 4.79 Å². The van der Waals surface area contributed by atoms with Gasteiger partial charge in [0.25, 0.3) is 0 Å². The second-order valence-corrected chi connectivity index (χ2v) is 4.78. The fraction of sp³-hybridized carbons (Fsp3) is 0.462. The standard InChI is InChI=1S/C13H19ClN2O2/c1-15(6-7-17)10-13(18)16(2)9-11-4-3-5-12(14)8-11/h3-5,8,17H,6-7,9-10H2,1-2H3. The summed E-state index contributed by atoms with van der Waals surface area (Å²) in [5.74, 6) is 0.0194. The van der Waals surface area contributed by atoms with Gasteiger partial charge in [-0.3, -0.25) is 9.69 Å². The second kappa shape index (κ2) is 7.36. The monoisotopic (exact) mass is 270 g/mol. The van der Waals surface area contributed by atoms with Crippen LogP contribution in [0.5, 0.6) is 0 Å². The van der Waals surface area contributed by atoms with Crippen LogP contribution in [0, 0.1) is 0 Å². The summed E-state index contributed by atoms with van der Waals surface area (Å²) >= 11 is 5.89. The maximum absolute atomic E-state index is 11.9. The average Bonchev–Trinajstić information content (AvgIpc) is 2.29. The Morgan fingerprint density at radius 2 is 2.11 bits per heavy atom. The van der Waals surface area contributed by atoms with Crippen LogP contribution in [-0.4, -0.2) is 54.6 Å². The van der Waals surface area contributed by atoms with Crippen LogP contribution in [0.2, 0.25) is 5.02 Å². The lowest BCUT2D eigenvalue weighted by Crippen LogP contribution is -2.37. The third-order valence-corrected chi connectivity index (χ3v) is 2.86. The molecule has 0 aromatic heterocycles. The summed E-state index contributed by atoms with van der Waals surface area (Å²) in [5.41, 5.74) is 1.00. The predicted octanol–water partition coefficient (Wildman–Crippen LogP) is 1.22. The van der Waals surface area contributed by atoms with Gasteiger partial charge in [0, 0.05) is 25.2 Å². The van der Waals surface area contributed by atoms with Gasteiger partial charge in [-0.1, -0.05) is 23.7 Å². The van der Waals surface area contributed by atoms with E-state index >= 15 is 0 Å². The van der Waals surface area contributed by atoms with E-state index in [0.717, 1.165) is 5.56 Å². The van der Waals surface area contributed by atoms with Crippen molar-refractivity contribution in [1.82, 2.24) is 9.80 Å². The smallest absolute Gasteiger partial charge is 0.236 e. The van der Waals surface area contributed by atoms with Crippen LogP contribution in [0.4, 0.5) is 0 Å². The highest BCUT2D eigenvalue weighted by Gasteiger charge is 2.11. The van der Waals surface area contributed by atoms with Gasteiger partial charge in [-0.05, 0) is 24.7 Å². The fourth-order valence-corrected chi connectivity index (χ4v) is 1.81. The first-order valence-corrected chi connectivity index (χ1v) is 6.18. The van der Waals surface area contributed by atoms with E-state index < -0.39 is 0 Å². The molecule has 0 spiro atoms. The second-order valence-electron chi connectivity index (χ2n) is 4.34. The summed E-state index contributed by atoms with van der Waals surface area (Å²) in [6.07, 6.45) is 0. The lowest BCUT2D eigenvalue weighted by Gasteiger charge is -2.21. The van der Waals surface area contributed by atoms with Gasteiger partial charge in [-0.25, -0.2) is 0 Å². The maximum Gasteiger partial charge on any atom is 0.236 e. The number of halogens is 1. The fourth-order valence-electron chi connectivity index (χ4n) is 1.60. The Labute approximate surface area is 113 Å². The highest BCUT2D eigenvalue weighted by molar-refractivity contribution is 6.30. The molecule has 0 aliphatic rings. The first-order chi connectivity index (χ1) is 8.52. The van der Waals surface area contributed by atoms with Gasteiger partial charge < -0.3 is 10.0 Å². The highest BCUT2D eigenvalue weighted by Crippen LogP contribution is 2.12. The Bertz CT molecular complexity index is 398. The molecule has 0 radical (unpaired) electrons. The van der Waals surface area contributed by atoms with E-state index in [1.807, 2.05) is 24.3 Å². The van der Waals surface area contributed by atoms with Gasteiger partial charge in [0.1, 0.15) is 0 Å². The molecule has 0 aliphatic heterocycles. The van der Waals surface area contributed by atoms with Crippen molar-refractivity contribution in [2.45, 2.75) is 6.54 Å². The lowest BCUT2D eigenvalue weighted by molar-refractivity contribution is -0.131. The van der Waals surface area contributed by atoms with Crippen LogP contribution in [0.25, 0.3) is 0 Å². The molecule has 18 heavy (non-hydrogen) atoms. The molecule has 0 aliphatic carbocycles. The maximum atomic E-state index is 11.9. The topological polar surface area (TPSA) is 43.8 Å². The van der Waals surface area contributed by atoms with Crippen molar-refractivity contribution in [3.8, 4) is 0 Å². The first-order valence-electron chi connectivity index (χ1n) is 5.80. The minimum absolute atomic E-state index is 0.0194. The third-order valence-electron chi connectivity index (χ3n) is 2.62. The van der Waals surface area contributed by atoms with Crippen molar-refractivity contribution in [3.63, 3.8) is 0 Å². The van der Waals surface area contributed by atoms with Crippen LogP contribution in [0.1, 0.15) is 5.56 Å². The van der Waals surface area contributed by atoms with Gasteiger partial charge in [-0.15, -0.1) is 0 Å². The first kappa shape index (κ1) is 15.0. The summed E-state index contributed by atoms with van der Waals surface area (Å²) in [5, 5.41) is 9.44. The van der Waals surface area contributed by atoms with E-state index in [-0.39, 0.29) is 12.5 Å². The van der Waals surface area contributed by atoms with Crippen molar-refractivity contribution in [1.29, 1.82) is 0 Å². The number of benzene rings is 1. The molecule has 1 rings (SSSR count). The SMILES string of the molecule is CN(CCO)CC(=O)N(C)Cc1cccc(Cl)c1. The molecule has 0 unspecified atom stereocenters. The highest BCUT2D eigenvalue weighted by atomic mass is 35.5. The zero-order valence-corrected chi connectivity index (χ0v) is 11.5. The molecule has 1 N–H and O–H groups in total. The van der Waals surface area contributed by atoms with Gasteiger partial charge in [0.2, 0.25) is 5.91 Å². The number of carbonyl (C=O) groups is 1. The predicted molar refractivity (Wildman–Crippen MR) is 72.5 cm³/mol. The number of likely N-dealkylation sites (N-methyl/N-ethyl adjacent to an activating group) is 2. The van der Waals surface area contributed by atoms with Crippen LogP contribution in [0.3, 0.4) is 0 Å². The number of aliphatic hydroxyl groups is 1. The molecule has 100 valence electrons. The van der Waals surface area contributed by atoms with Gasteiger partial charge >= 0.3 is 0 Å². The Hall–Kier alpha value is -1.10. The Balaban J connectivity index is 2.49. The summed E-state index contributed by atoms with van der Waals surface area (Å²) in [6, 6.07) is 7.46. The molecule has 1 aromatic carbocycles. The van der Waals surface area contributed by atoms with Crippen LogP contribution >= 0.6 is 11.6 Å². The summed E-state index contributed by atoms with van der Waals surface area (Å²) in [6.45, 7) is 1.39. The molecule has 0 bridgehead atoms. The molecule has 1 aromatic rings. The lowest BCUT2D eigenvalue weighted by atomic mass is 10.2. The molecule has 1 amide bonds. The van der Waals surface area contributed by atoms with Crippen molar-refractivity contribution in [2.75, 3.05) is 33.8 Å². The number of aliphatic hydroxyl groups excluding tert-OH is 1. The number of hydrogen-bond donors (Lipinski definition) is 1. The Morgan fingerprint density at radius 3 is 2.72 bits per heavy atom. The molecule has 5 heteroatoms. The molecule has 0 saturated carbocycles. The largest absolute Gasteiger partial charge is 0.395 e. The quantitative estimate of drug-likeness (QED) is 0.845. The number of carbonyl (C=O) groups excluding carboxylic acids is 1. The van der Waals surface area contributed by atoms with Gasteiger partial charge in [0.15, 0.2) is 0 Å². The van der Waals surface area contributed by atoms with Crippen molar-refractivity contribution in [2.24, 2.45) is 0 Å². The van der Waals surface area contributed by atoms with Crippen LogP contribution in [-0.2, 0) is 11.3 Å². The van der Waals surface area contributed by atoms with E-state index in [2.05, 4.69) is 0 Å². The summed E-state index contributed by atoms with van der Waals surface area (Å²) in [4.78, 5) is 15.3. The average molecular weight is 271 g/mol. The number of hydrogen-bond acceptors (Lipinski definition) is 3. The number of rotatable bonds is 6. The zero-order chi connectivity index (χ0) is 13.5. The molecular weight excluding hydrogens is 252 g/mol. The van der Waals surface area contributed by atoms with Crippen molar-refractivity contribution < 1.29 is 9.90 Å². The van der Waals surface area contributed by atoms with E-state index in [0.29, 0.717) is 24.7 Å². The third kappa shape index (κ3) is 5.04. The van der Waals surface area contributed by atoms with Crippen molar-refractivity contribution >= 4 is 17.5 Å². The number of nitrogens with zero attached hydrogens (tertiary/aromatic N) is 2. The molecular formula is C13H19ClN2O2. The minimum Gasteiger partial charge on any atom is -0.395 e. The Kier molecular flexibility index (Phi) is 6.12. The number of amides is 1. The molecule has 0 saturated heterocycles. The normalized spacial score (nSPS) is 10.7. The molecule has 0 atom stereocenters. The molecule has 0 heterocycles.